The minimum atomic E-state index is -0.306. The summed E-state index contributed by atoms with van der Waals surface area (Å²) in [6.45, 7) is 1.32. The van der Waals surface area contributed by atoms with Crippen LogP contribution in [0.1, 0.15) is 23.5 Å². The van der Waals surface area contributed by atoms with E-state index in [9.17, 15) is 9.59 Å². The van der Waals surface area contributed by atoms with Crippen LogP contribution in [-0.2, 0) is 25.5 Å². The van der Waals surface area contributed by atoms with Gasteiger partial charge >= 0.3 is 5.97 Å². The maximum atomic E-state index is 12.6. The van der Waals surface area contributed by atoms with Crippen LogP contribution < -0.4 is 0 Å². The molecule has 1 atom stereocenters. The summed E-state index contributed by atoms with van der Waals surface area (Å²) in [6, 6.07) is 7.98. The van der Waals surface area contributed by atoms with Gasteiger partial charge in [0.2, 0.25) is 5.91 Å². The Morgan fingerprint density at radius 3 is 2.67 bits per heavy atom. The zero-order chi connectivity index (χ0) is 15.2. The fourth-order valence-electron chi connectivity index (χ4n) is 2.56. The first-order valence-electron chi connectivity index (χ1n) is 7.09. The number of carbonyl (C=O) groups excluding carboxylic acids is 2. The number of hydrogen-bond donors (Lipinski definition) is 0. The second-order valence-corrected chi connectivity index (χ2v) is 5.10. The highest BCUT2D eigenvalue weighted by Gasteiger charge is 2.34. The molecule has 0 saturated heterocycles. The molecule has 0 heterocycles. The number of rotatable bonds is 7. The van der Waals surface area contributed by atoms with Gasteiger partial charge in [0.15, 0.2) is 0 Å². The number of benzene rings is 1. The average molecular weight is 291 g/mol. The largest absolute Gasteiger partial charge is 0.469 e. The number of nitrogens with zero attached hydrogens (tertiary/aromatic N) is 1. The molecule has 0 radical (unpaired) electrons. The van der Waals surface area contributed by atoms with Crippen molar-refractivity contribution >= 4 is 11.9 Å². The van der Waals surface area contributed by atoms with E-state index in [1.807, 2.05) is 24.3 Å². The van der Waals surface area contributed by atoms with Crippen LogP contribution in [0.4, 0.5) is 0 Å². The second kappa shape index (κ2) is 7.22. The summed E-state index contributed by atoms with van der Waals surface area (Å²) in [7, 11) is 2.95. The normalized spacial score (nSPS) is 15.8. The third kappa shape index (κ3) is 3.61. The molecule has 0 aromatic heterocycles. The van der Waals surface area contributed by atoms with Gasteiger partial charge in [-0.25, -0.2) is 0 Å². The van der Waals surface area contributed by atoms with E-state index < -0.39 is 0 Å². The second-order valence-electron chi connectivity index (χ2n) is 5.10. The number of fused-ring (bicyclic) bond motifs is 1. The molecule has 2 rings (SSSR count). The van der Waals surface area contributed by atoms with E-state index in [1.54, 1.807) is 12.0 Å². The minimum absolute atomic E-state index is 0.0645. The van der Waals surface area contributed by atoms with E-state index >= 15 is 0 Å². The number of amides is 1. The van der Waals surface area contributed by atoms with Gasteiger partial charge < -0.3 is 14.4 Å². The molecule has 0 bridgehead atoms. The Bertz CT molecular complexity index is 515. The molecule has 21 heavy (non-hydrogen) atoms. The number of ether oxygens (including phenoxy) is 2. The predicted octanol–water partition coefficient (Wildman–Crippen LogP) is 1.36. The first-order chi connectivity index (χ1) is 10.2. The number of hydrogen-bond acceptors (Lipinski definition) is 4. The molecule has 1 amide bonds. The molecule has 1 aromatic rings. The van der Waals surface area contributed by atoms with Gasteiger partial charge in [-0.2, -0.15) is 0 Å². The van der Waals surface area contributed by atoms with Crippen molar-refractivity contribution in [3.8, 4) is 0 Å². The van der Waals surface area contributed by atoms with Crippen molar-refractivity contribution in [1.29, 1.82) is 0 Å². The summed E-state index contributed by atoms with van der Waals surface area (Å²) in [6.07, 6.45) is 0.983. The molecule has 0 aliphatic heterocycles. The van der Waals surface area contributed by atoms with E-state index in [1.165, 1.54) is 12.7 Å². The summed E-state index contributed by atoms with van der Waals surface area (Å²) in [5.41, 5.74) is 2.33. The lowest BCUT2D eigenvalue weighted by atomic mass is 9.77. The SMILES string of the molecule is COCCN(CCC(=O)OC)C(=O)C1Cc2ccccc21. The molecule has 5 heteroatoms. The van der Waals surface area contributed by atoms with Crippen molar-refractivity contribution < 1.29 is 19.1 Å². The molecule has 1 aliphatic carbocycles. The summed E-state index contributed by atoms with van der Waals surface area (Å²) in [5.74, 6) is -0.329. The van der Waals surface area contributed by atoms with E-state index in [0.717, 1.165) is 12.0 Å². The average Bonchev–Trinajstić information content (AvgIpc) is 2.48. The summed E-state index contributed by atoms with van der Waals surface area (Å²) in [4.78, 5) is 25.6. The van der Waals surface area contributed by atoms with Crippen molar-refractivity contribution in [2.75, 3.05) is 33.9 Å². The maximum Gasteiger partial charge on any atom is 0.307 e. The van der Waals surface area contributed by atoms with Crippen molar-refractivity contribution in [2.45, 2.75) is 18.8 Å². The van der Waals surface area contributed by atoms with Crippen LogP contribution in [0, 0.1) is 0 Å². The van der Waals surface area contributed by atoms with Crippen LogP contribution in [0.5, 0.6) is 0 Å². The highest BCUT2D eigenvalue weighted by molar-refractivity contribution is 5.87. The van der Waals surface area contributed by atoms with Gasteiger partial charge in [0.25, 0.3) is 0 Å². The third-order valence-electron chi connectivity index (χ3n) is 3.84. The Morgan fingerprint density at radius 2 is 2.00 bits per heavy atom. The van der Waals surface area contributed by atoms with Gasteiger partial charge in [0, 0.05) is 20.2 Å². The molecular weight excluding hydrogens is 270 g/mol. The highest BCUT2D eigenvalue weighted by Crippen LogP contribution is 2.36. The van der Waals surface area contributed by atoms with Crippen molar-refractivity contribution in [2.24, 2.45) is 0 Å². The molecule has 1 aromatic carbocycles. The topological polar surface area (TPSA) is 55.8 Å². The van der Waals surface area contributed by atoms with E-state index in [0.29, 0.717) is 19.7 Å². The number of carbonyl (C=O) groups is 2. The first kappa shape index (κ1) is 15.5. The van der Waals surface area contributed by atoms with E-state index in [2.05, 4.69) is 4.74 Å². The van der Waals surface area contributed by atoms with Gasteiger partial charge in [-0.05, 0) is 17.5 Å². The molecule has 1 unspecified atom stereocenters. The van der Waals surface area contributed by atoms with E-state index in [-0.39, 0.29) is 24.2 Å². The fraction of sp³-hybridized carbons (Fsp3) is 0.500. The minimum Gasteiger partial charge on any atom is -0.469 e. The smallest absolute Gasteiger partial charge is 0.307 e. The maximum absolute atomic E-state index is 12.6. The van der Waals surface area contributed by atoms with Crippen LogP contribution in [0.2, 0.25) is 0 Å². The molecule has 5 nitrogen and oxygen atoms in total. The quantitative estimate of drug-likeness (QED) is 0.712. The summed E-state index contributed by atoms with van der Waals surface area (Å²) >= 11 is 0. The van der Waals surface area contributed by atoms with Crippen LogP contribution in [0.3, 0.4) is 0 Å². The number of esters is 1. The molecule has 1 aliphatic rings. The van der Waals surface area contributed by atoms with Crippen LogP contribution in [-0.4, -0.2) is 50.7 Å². The standard InChI is InChI=1S/C16H21NO4/c1-20-10-9-17(8-7-15(18)21-2)16(19)14-11-12-5-3-4-6-13(12)14/h3-6,14H,7-11H2,1-2H3. The molecule has 114 valence electrons. The lowest BCUT2D eigenvalue weighted by molar-refractivity contribution is -0.142. The Kier molecular flexibility index (Phi) is 5.33. The monoisotopic (exact) mass is 291 g/mol. The van der Waals surface area contributed by atoms with Crippen molar-refractivity contribution in [3.63, 3.8) is 0 Å². The van der Waals surface area contributed by atoms with Gasteiger partial charge in [-0.1, -0.05) is 24.3 Å². The Labute approximate surface area is 124 Å². The van der Waals surface area contributed by atoms with Crippen LogP contribution in [0.25, 0.3) is 0 Å². The Morgan fingerprint density at radius 1 is 1.24 bits per heavy atom. The Hall–Kier alpha value is -1.88. The lowest BCUT2D eigenvalue weighted by Gasteiger charge is -2.34. The zero-order valence-corrected chi connectivity index (χ0v) is 12.5. The van der Waals surface area contributed by atoms with Crippen molar-refractivity contribution in [1.82, 2.24) is 4.90 Å². The number of methoxy groups -OCH3 is 2. The van der Waals surface area contributed by atoms with Crippen LogP contribution >= 0.6 is 0 Å². The van der Waals surface area contributed by atoms with Gasteiger partial charge in [0.05, 0.1) is 26.1 Å². The van der Waals surface area contributed by atoms with E-state index in [4.69, 9.17) is 4.74 Å². The zero-order valence-electron chi connectivity index (χ0n) is 12.5. The predicted molar refractivity (Wildman–Crippen MR) is 78.0 cm³/mol. The lowest BCUT2D eigenvalue weighted by Crippen LogP contribution is -2.42. The van der Waals surface area contributed by atoms with Gasteiger partial charge in [-0.15, -0.1) is 0 Å². The molecule has 0 N–H and O–H groups in total. The molecule has 0 spiro atoms. The molecule has 0 fully saturated rings. The summed E-state index contributed by atoms with van der Waals surface area (Å²) < 4.78 is 9.68. The highest BCUT2D eigenvalue weighted by atomic mass is 16.5. The van der Waals surface area contributed by atoms with Gasteiger partial charge in [0.1, 0.15) is 0 Å². The fourth-order valence-corrected chi connectivity index (χ4v) is 2.56. The molecular formula is C16H21NO4. The third-order valence-corrected chi connectivity index (χ3v) is 3.84. The van der Waals surface area contributed by atoms with Crippen LogP contribution in [0.15, 0.2) is 24.3 Å². The Balaban J connectivity index is 1.99. The summed E-state index contributed by atoms with van der Waals surface area (Å²) in [5, 5.41) is 0. The first-order valence-corrected chi connectivity index (χ1v) is 7.09. The van der Waals surface area contributed by atoms with Gasteiger partial charge in [-0.3, -0.25) is 9.59 Å². The molecule has 0 saturated carbocycles. The van der Waals surface area contributed by atoms with Crippen molar-refractivity contribution in [3.05, 3.63) is 35.4 Å².